The summed E-state index contributed by atoms with van der Waals surface area (Å²) in [7, 11) is 0. The van der Waals surface area contributed by atoms with Crippen LogP contribution in [0.2, 0.25) is 0 Å². The van der Waals surface area contributed by atoms with Crippen molar-refractivity contribution in [2.24, 2.45) is 5.92 Å². The molecule has 0 radical (unpaired) electrons. The summed E-state index contributed by atoms with van der Waals surface area (Å²) in [5.41, 5.74) is -0.147. The third kappa shape index (κ3) is 3.50. The maximum absolute atomic E-state index is 11.3. The van der Waals surface area contributed by atoms with Crippen molar-refractivity contribution in [1.82, 2.24) is 0 Å². The summed E-state index contributed by atoms with van der Waals surface area (Å²) in [4.78, 5) is 22.1. The summed E-state index contributed by atoms with van der Waals surface area (Å²) in [6.45, 7) is 2.21. The number of carbonyl (C=O) groups is 1. The fourth-order valence-corrected chi connectivity index (χ4v) is 4.05. The molecule has 0 bridgehead atoms. The average molecular weight is 295 g/mol. The molecular formula is C14H17NO4S. The number of nitrogens with zero attached hydrogens (tertiary/aromatic N) is 1. The van der Waals surface area contributed by atoms with E-state index in [1.54, 1.807) is 17.8 Å². The zero-order chi connectivity index (χ0) is 14.7. The fraction of sp³-hybridized carbons (Fsp3) is 0.500. The standard InChI is InChI=1S/C14H17NO4S/c1-9-3-2-4-11(7-9)20-13-6-5-10(15(18)19)8-12(13)14(16)17/h5-6,8-9,11H,2-4,7H2,1H3,(H,16,17). The molecule has 1 aliphatic rings. The number of carboxylic acid groups (broad SMARTS) is 1. The largest absolute Gasteiger partial charge is 0.478 e. The zero-order valence-electron chi connectivity index (χ0n) is 11.2. The number of rotatable bonds is 4. The van der Waals surface area contributed by atoms with Crippen LogP contribution in [0.1, 0.15) is 43.0 Å². The van der Waals surface area contributed by atoms with Crippen LogP contribution in [0.25, 0.3) is 0 Å². The van der Waals surface area contributed by atoms with Crippen LogP contribution < -0.4 is 0 Å². The van der Waals surface area contributed by atoms with Gasteiger partial charge in [0.2, 0.25) is 0 Å². The highest BCUT2D eigenvalue weighted by Gasteiger charge is 2.23. The van der Waals surface area contributed by atoms with E-state index >= 15 is 0 Å². The highest BCUT2D eigenvalue weighted by atomic mass is 32.2. The molecule has 1 aliphatic carbocycles. The molecule has 6 heteroatoms. The molecule has 1 aromatic carbocycles. The molecule has 1 aromatic rings. The first-order valence-electron chi connectivity index (χ1n) is 6.65. The molecule has 0 aromatic heterocycles. The minimum atomic E-state index is -1.11. The Kier molecular flexibility index (Phi) is 4.65. The monoisotopic (exact) mass is 295 g/mol. The van der Waals surface area contributed by atoms with Crippen molar-refractivity contribution < 1.29 is 14.8 Å². The second-order valence-corrected chi connectivity index (χ2v) is 6.60. The van der Waals surface area contributed by atoms with Crippen LogP contribution in [0.3, 0.4) is 0 Å². The summed E-state index contributed by atoms with van der Waals surface area (Å²) in [5.74, 6) is -0.451. The zero-order valence-corrected chi connectivity index (χ0v) is 12.1. The van der Waals surface area contributed by atoms with Gasteiger partial charge in [-0.25, -0.2) is 4.79 Å². The summed E-state index contributed by atoms with van der Waals surface area (Å²) < 4.78 is 0. The van der Waals surface area contributed by atoms with Crippen molar-refractivity contribution in [3.8, 4) is 0 Å². The number of hydrogen-bond donors (Lipinski definition) is 1. The third-order valence-electron chi connectivity index (χ3n) is 3.59. The Bertz CT molecular complexity index is 532. The van der Waals surface area contributed by atoms with E-state index in [2.05, 4.69) is 6.92 Å². The van der Waals surface area contributed by atoms with Crippen molar-refractivity contribution >= 4 is 23.4 Å². The van der Waals surface area contributed by atoms with E-state index in [4.69, 9.17) is 0 Å². The van der Waals surface area contributed by atoms with Gasteiger partial charge in [-0.1, -0.05) is 19.8 Å². The van der Waals surface area contributed by atoms with Crippen LogP contribution in [0.15, 0.2) is 23.1 Å². The number of non-ortho nitro benzene ring substituents is 1. The van der Waals surface area contributed by atoms with Crippen molar-refractivity contribution in [3.05, 3.63) is 33.9 Å². The normalized spacial score (nSPS) is 22.4. The predicted molar refractivity (Wildman–Crippen MR) is 77.3 cm³/mol. The Hall–Kier alpha value is -1.56. The van der Waals surface area contributed by atoms with Crippen LogP contribution in [0, 0.1) is 16.0 Å². The van der Waals surface area contributed by atoms with E-state index in [0.717, 1.165) is 25.3 Å². The lowest BCUT2D eigenvalue weighted by atomic mass is 9.91. The highest BCUT2D eigenvalue weighted by molar-refractivity contribution is 8.00. The van der Waals surface area contributed by atoms with E-state index in [1.807, 2.05) is 0 Å². The number of hydrogen-bond acceptors (Lipinski definition) is 4. The van der Waals surface area contributed by atoms with Crippen LogP contribution in [0.5, 0.6) is 0 Å². The maximum atomic E-state index is 11.3. The van der Waals surface area contributed by atoms with Gasteiger partial charge in [0.1, 0.15) is 0 Å². The first kappa shape index (κ1) is 14.8. The lowest BCUT2D eigenvalue weighted by molar-refractivity contribution is -0.384. The van der Waals surface area contributed by atoms with Gasteiger partial charge in [0.25, 0.3) is 5.69 Å². The molecule has 0 amide bonds. The van der Waals surface area contributed by atoms with Gasteiger partial charge in [0.05, 0.1) is 10.5 Å². The minimum Gasteiger partial charge on any atom is -0.478 e. The van der Waals surface area contributed by atoms with Gasteiger partial charge in [-0.05, 0) is 24.8 Å². The van der Waals surface area contributed by atoms with Crippen LogP contribution >= 0.6 is 11.8 Å². The first-order chi connectivity index (χ1) is 9.47. The second kappa shape index (κ2) is 6.26. The lowest BCUT2D eigenvalue weighted by Gasteiger charge is -2.26. The molecule has 2 atom stereocenters. The Balaban J connectivity index is 2.22. The van der Waals surface area contributed by atoms with Gasteiger partial charge < -0.3 is 5.11 Å². The summed E-state index contributed by atoms with van der Waals surface area (Å²) in [6.07, 6.45) is 4.53. The molecule has 20 heavy (non-hydrogen) atoms. The van der Waals surface area contributed by atoms with Gasteiger partial charge in [-0.2, -0.15) is 0 Å². The van der Waals surface area contributed by atoms with Crippen LogP contribution in [-0.4, -0.2) is 21.2 Å². The average Bonchev–Trinajstić information content (AvgIpc) is 2.38. The molecule has 2 unspecified atom stereocenters. The number of benzene rings is 1. The van der Waals surface area contributed by atoms with E-state index in [0.29, 0.717) is 16.1 Å². The fourth-order valence-electron chi connectivity index (χ4n) is 2.57. The molecule has 1 N–H and O–H groups in total. The molecule has 1 fully saturated rings. The third-order valence-corrected chi connectivity index (χ3v) is 4.96. The maximum Gasteiger partial charge on any atom is 0.337 e. The van der Waals surface area contributed by atoms with Gasteiger partial charge in [-0.15, -0.1) is 11.8 Å². The number of nitro benzene ring substituents is 1. The molecule has 0 heterocycles. The van der Waals surface area contributed by atoms with Crippen molar-refractivity contribution in [1.29, 1.82) is 0 Å². The van der Waals surface area contributed by atoms with E-state index in [1.165, 1.54) is 12.5 Å². The summed E-state index contributed by atoms with van der Waals surface area (Å²) in [5, 5.41) is 20.3. The SMILES string of the molecule is CC1CCCC(Sc2ccc([N+](=O)[O-])cc2C(=O)O)C1. The van der Waals surface area contributed by atoms with Crippen LogP contribution in [0.4, 0.5) is 5.69 Å². The topological polar surface area (TPSA) is 80.4 Å². The molecule has 2 rings (SSSR count). The van der Waals surface area contributed by atoms with Crippen molar-refractivity contribution in [2.45, 2.75) is 42.8 Å². The number of thioether (sulfide) groups is 1. The van der Waals surface area contributed by atoms with Crippen molar-refractivity contribution in [2.75, 3.05) is 0 Å². The second-order valence-electron chi connectivity index (χ2n) is 5.25. The van der Waals surface area contributed by atoms with E-state index in [9.17, 15) is 20.0 Å². The molecule has 1 saturated carbocycles. The van der Waals surface area contributed by atoms with Gasteiger partial charge >= 0.3 is 5.97 Å². The number of aromatic carboxylic acids is 1. The Morgan fingerprint density at radius 1 is 1.45 bits per heavy atom. The minimum absolute atomic E-state index is 0.0300. The molecule has 0 saturated heterocycles. The smallest absolute Gasteiger partial charge is 0.337 e. The quantitative estimate of drug-likeness (QED) is 0.671. The molecular weight excluding hydrogens is 278 g/mol. The summed E-state index contributed by atoms with van der Waals surface area (Å²) in [6, 6.07) is 4.09. The molecule has 5 nitrogen and oxygen atoms in total. The first-order valence-corrected chi connectivity index (χ1v) is 7.53. The van der Waals surface area contributed by atoms with Gasteiger partial charge in [-0.3, -0.25) is 10.1 Å². The molecule has 0 spiro atoms. The van der Waals surface area contributed by atoms with E-state index < -0.39 is 10.9 Å². The predicted octanol–water partition coefficient (Wildman–Crippen LogP) is 3.96. The number of nitro groups is 1. The Morgan fingerprint density at radius 2 is 2.20 bits per heavy atom. The van der Waals surface area contributed by atoms with Crippen molar-refractivity contribution in [3.63, 3.8) is 0 Å². The lowest BCUT2D eigenvalue weighted by Crippen LogP contribution is -2.15. The van der Waals surface area contributed by atoms with E-state index in [-0.39, 0.29) is 11.3 Å². The van der Waals surface area contributed by atoms with Gasteiger partial charge in [0, 0.05) is 22.3 Å². The molecule has 0 aliphatic heterocycles. The van der Waals surface area contributed by atoms with Crippen LogP contribution in [-0.2, 0) is 0 Å². The Labute approximate surface area is 121 Å². The number of carboxylic acids is 1. The molecule has 108 valence electrons. The summed E-state index contributed by atoms with van der Waals surface area (Å²) >= 11 is 1.54. The van der Waals surface area contributed by atoms with Gasteiger partial charge in [0.15, 0.2) is 0 Å². The Morgan fingerprint density at radius 3 is 2.80 bits per heavy atom. The highest BCUT2D eigenvalue weighted by Crippen LogP contribution is 2.38.